The lowest BCUT2D eigenvalue weighted by Gasteiger charge is -2.36. The van der Waals surface area contributed by atoms with Crippen LogP contribution in [0.3, 0.4) is 0 Å². The first-order valence-corrected chi connectivity index (χ1v) is 8.73. The van der Waals surface area contributed by atoms with E-state index in [2.05, 4.69) is 21.2 Å². The van der Waals surface area contributed by atoms with Gasteiger partial charge in [0.1, 0.15) is 0 Å². The van der Waals surface area contributed by atoms with Crippen LogP contribution in [0.4, 0.5) is 0 Å². The van der Waals surface area contributed by atoms with Gasteiger partial charge in [0.2, 0.25) is 0 Å². The van der Waals surface area contributed by atoms with Crippen LogP contribution in [-0.4, -0.2) is 36.5 Å². The van der Waals surface area contributed by atoms with E-state index in [4.69, 9.17) is 0 Å². The SMILES string of the molecule is Cc1ccc(C(=O)N2CCCC(C3CCCN3)C2)c(Br)c1. The van der Waals surface area contributed by atoms with Gasteiger partial charge < -0.3 is 10.2 Å². The Balaban J connectivity index is 1.71. The first-order valence-electron chi connectivity index (χ1n) is 7.94. The van der Waals surface area contributed by atoms with Crippen molar-refractivity contribution in [2.24, 2.45) is 5.92 Å². The van der Waals surface area contributed by atoms with Crippen LogP contribution in [-0.2, 0) is 0 Å². The zero-order valence-electron chi connectivity index (χ0n) is 12.6. The number of carbonyl (C=O) groups excluding carboxylic acids is 1. The average Bonchev–Trinajstić information content (AvgIpc) is 3.01. The Kier molecular flexibility index (Phi) is 4.65. The molecule has 2 fully saturated rings. The number of piperidine rings is 1. The van der Waals surface area contributed by atoms with Crippen molar-refractivity contribution in [3.8, 4) is 0 Å². The summed E-state index contributed by atoms with van der Waals surface area (Å²) in [5.41, 5.74) is 1.96. The highest BCUT2D eigenvalue weighted by Gasteiger charge is 2.31. The number of aryl methyl sites for hydroxylation is 1. The Hall–Kier alpha value is -0.870. The van der Waals surface area contributed by atoms with Crippen molar-refractivity contribution in [3.05, 3.63) is 33.8 Å². The van der Waals surface area contributed by atoms with E-state index in [0.29, 0.717) is 12.0 Å². The van der Waals surface area contributed by atoms with Crippen molar-refractivity contribution >= 4 is 21.8 Å². The lowest BCUT2D eigenvalue weighted by Crippen LogP contribution is -2.45. The van der Waals surface area contributed by atoms with Crippen molar-refractivity contribution in [2.75, 3.05) is 19.6 Å². The molecule has 0 aromatic heterocycles. The number of amides is 1. The Morgan fingerprint density at radius 1 is 1.33 bits per heavy atom. The lowest BCUT2D eigenvalue weighted by atomic mass is 9.89. The van der Waals surface area contributed by atoms with Crippen molar-refractivity contribution in [1.82, 2.24) is 10.2 Å². The van der Waals surface area contributed by atoms with Gasteiger partial charge in [0.25, 0.3) is 5.91 Å². The number of rotatable bonds is 2. The fraction of sp³-hybridized carbons (Fsp3) is 0.588. The number of halogens is 1. The van der Waals surface area contributed by atoms with Gasteiger partial charge in [-0.3, -0.25) is 4.79 Å². The van der Waals surface area contributed by atoms with Crippen LogP contribution < -0.4 is 5.32 Å². The van der Waals surface area contributed by atoms with Crippen molar-refractivity contribution < 1.29 is 4.79 Å². The van der Waals surface area contributed by atoms with Gasteiger partial charge in [0, 0.05) is 23.6 Å². The van der Waals surface area contributed by atoms with Gasteiger partial charge in [-0.1, -0.05) is 6.07 Å². The third-order valence-electron chi connectivity index (χ3n) is 4.77. The predicted octanol–water partition coefficient (Wildman–Crippen LogP) is 3.36. The highest BCUT2D eigenvalue weighted by molar-refractivity contribution is 9.10. The van der Waals surface area contributed by atoms with Gasteiger partial charge in [-0.05, 0) is 78.7 Å². The summed E-state index contributed by atoms with van der Waals surface area (Å²) >= 11 is 3.54. The number of hydrogen-bond acceptors (Lipinski definition) is 2. The number of nitrogens with one attached hydrogen (secondary N) is 1. The fourth-order valence-corrected chi connectivity index (χ4v) is 4.26. The molecule has 2 unspecified atom stereocenters. The second-order valence-electron chi connectivity index (χ2n) is 6.34. The Morgan fingerprint density at radius 3 is 2.90 bits per heavy atom. The van der Waals surface area contributed by atoms with Crippen LogP contribution in [0.1, 0.15) is 41.6 Å². The first-order chi connectivity index (χ1) is 10.1. The zero-order valence-corrected chi connectivity index (χ0v) is 14.2. The van der Waals surface area contributed by atoms with Crippen LogP contribution in [0.5, 0.6) is 0 Å². The Bertz CT molecular complexity index is 526. The highest BCUT2D eigenvalue weighted by atomic mass is 79.9. The van der Waals surface area contributed by atoms with E-state index in [1.54, 1.807) is 0 Å². The molecule has 2 heterocycles. The molecule has 1 aromatic rings. The molecule has 2 atom stereocenters. The van der Waals surface area contributed by atoms with Gasteiger partial charge in [-0.2, -0.15) is 0 Å². The maximum Gasteiger partial charge on any atom is 0.255 e. The maximum absolute atomic E-state index is 12.8. The lowest BCUT2D eigenvalue weighted by molar-refractivity contribution is 0.0650. The largest absolute Gasteiger partial charge is 0.338 e. The molecule has 114 valence electrons. The third kappa shape index (κ3) is 3.32. The smallest absolute Gasteiger partial charge is 0.255 e. The summed E-state index contributed by atoms with van der Waals surface area (Å²) in [5.74, 6) is 0.791. The number of benzene rings is 1. The molecule has 3 nitrogen and oxygen atoms in total. The van der Waals surface area contributed by atoms with Crippen molar-refractivity contribution in [2.45, 2.75) is 38.6 Å². The maximum atomic E-state index is 12.8. The topological polar surface area (TPSA) is 32.3 Å². The van der Waals surface area contributed by atoms with E-state index >= 15 is 0 Å². The van der Waals surface area contributed by atoms with E-state index in [1.807, 2.05) is 30.0 Å². The fourth-order valence-electron chi connectivity index (χ4n) is 3.60. The molecular formula is C17H23BrN2O. The summed E-state index contributed by atoms with van der Waals surface area (Å²) in [6.45, 7) is 4.97. The number of carbonyl (C=O) groups is 1. The Labute approximate surface area is 135 Å². The van der Waals surface area contributed by atoms with Crippen molar-refractivity contribution in [3.63, 3.8) is 0 Å². The molecule has 2 aliphatic heterocycles. The molecule has 3 rings (SSSR count). The molecule has 4 heteroatoms. The first kappa shape index (κ1) is 15.0. The predicted molar refractivity (Wildman–Crippen MR) is 88.5 cm³/mol. The van der Waals surface area contributed by atoms with Crippen molar-refractivity contribution in [1.29, 1.82) is 0 Å². The third-order valence-corrected chi connectivity index (χ3v) is 5.42. The van der Waals surface area contributed by atoms with Crippen LogP contribution in [0.25, 0.3) is 0 Å². The van der Waals surface area contributed by atoms with Crippen LogP contribution in [0.15, 0.2) is 22.7 Å². The Morgan fingerprint density at radius 2 is 2.19 bits per heavy atom. The van der Waals surface area contributed by atoms with Gasteiger partial charge in [0.15, 0.2) is 0 Å². The van der Waals surface area contributed by atoms with Gasteiger partial charge in [-0.15, -0.1) is 0 Å². The zero-order chi connectivity index (χ0) is 14.8. The molecule has 1 aromatic carbocycles. The minimum Gasteiger partial charge on any atom is -0.338 e. The molecule has 2 saturated heterocycles. The molecular weight excluding hydrogens is 328 g/mol. The molecule has 0 spiro atoms. The molecule has 2 aliphatic rings. The summed E-state index contributed by atoms with van der Waals surface area (Å²) in [6.07, 6.45) is 4.91. The minimum absolute atomic E-state index is 0.171. The summed E-state index contributed by atoms with van der Waals surface area (Å²) in [4.78, 5) is 14.8. The highest BCUT2D eigenvalue weighted by Crippen LogP contribution is 2.27. The van der Waals surface area contributed by atoms with Gasteiger partial charge in [-0.25, -0.2) is 0 Å². The molecule has 0 bridgehead atoms. The summed E-state index contributed by atoms with van der Waals surface area (Å²) in [5, 5.41) is 3.60. The second kappa shape index (κ2) is 6.49. The van der Waals surface area contributed by atoms with Gasteiger partial charge >= 0.3 is 0 Å². The van der Waals surface area contributed by atoms with Crippen LogP contribution >= 0.6 is 15.9 Å². The molecule has 21 heavy (non-hydrogen) atoms. The normalized spacial score (nSPS) is 26.1. The van der Waals surface area contributed by atoms with E-state index in [9.17, 15) is 4.79 Å². The second-order valence-corrected chi connectivity index (χ2v) is 7.19. The number of likely N-dealkylation sites (tertiary alicyclic amines) is 1. The molecule has 0 aliphatic carbocycles. The summed E-state index contributed by atoms with van der Waals surface area (Å²) in [6, 6.07) is 6.59. The molecule has 0 radical (unpaired) electrons. The number of nitrogens with zero attached hydrogens (tertiary/aromatic N) is 1. The average molecular weight is 351 g/mol. The van der Waals surface area contributed by atoms with E-state index < -0.39 is 0 Å². The quantitative estimate of drug-likeness (QED) is 0.886. The van der Waals surface area contributed by atoms with Crippen LogP contribution in [0, 0.1) is 12.8 Å². The minimum atomic E-state index is 0.171. The number of hydrogen-bond donors (Lipinski definition) is 1. The van der Waals surface area contributed by atoms with E-state index in [1.165, 1.54) is 24.8 Å². The monoisotopic (exact) mass is 350 g/mol. The molecule has 0 saturated carbocycles. The standard InChI is InChI=1S/C17H23BrN2O/c1-12-6-7-14(15(18)10-12)17(21)20-9-3-4-13(11-20)16-5-2-8-19-16/h6-7,10,13,16,19H,2-5,8-9,11H2,1H3. The summed E-state index contributed by atoms with van der Waals surface area (Å²) in [7, 11) is 0. The molecule has 1 amide bonds. The molecule has 1 N–H and O–H groups in total. The summed E-state index contributed by atoms with van der Waals surface area (Å²) < 4.78 is 0.911. The van der Waals surface area contributed by atoms with E-state index in [0.717, 1.165) is 36.1 Å². The van der Waals surface area contributed by atoms with E-state index in [-0.39, 0.29) is 5.91 Å². The van der Waals surface area contributed by atoms with Crippen LogP contribution in [0.2, 0.25) is 0 Å². The van der Waals surface area contributed by atoms with Gasteiger partial charge in [0.05, 0.1) is 5.56 Å².